The number of carboxylic acid groups (broad SMARTS) is 1. The standard InChI is InChI=1S/C15H18N2O3/c1-11-9-12-5-2-3-6-13(12)17(11)10-14(18)16-8-4-7-15(19)20/h2-3,5-6,9H,4,7-8,10H2,1H3,(H,16,18)(H,19,20). The van der Waals surface area contributed by atoms with Crippen molar-refractivity contribution in [3.63, 3.8) is 0 Å². The third kappa shape index (κ3) is 3.38. The number of rotatable bonds is 6. The molecule has 0 bridgehead atoms. The summed E-state index contributed by atoms with van der Waals surface area (Å²) < 4.78 is 1.96. The molecule has 0 aliphatic carbocycles. The number of hydrogen-bond acceptors (Lipinski definition) is 2. The van der Waals surface area contributed by atoms with E-state index in [9.17, 15) is 9.59 Å². The second-order valence-corrected chi connectivity index (χ2v) is 4.78. The quantitative estimate of drug-likeness (QED) is 0.791. The number of aryl methyl sites for hydroxylation is 1. The van der Waals surface area contributed by atoms with Gasteiger partial charge in [-0.3, -0.25) is 9.59 Å². The number of benzene rings is 1. The van der Waals surface area contributed by atoms with Gasteiger partial charge in [0, 0.05) is 24.2 Å². The maximum atomic E-state index is 11.9. The molecule has 5 heteroatoms. The minimum Gasteiger partial charge on any atom is -0.481 e. The lowest BCUT2D eigenvalue weighted by Crippen LogP contribution is -2.29. The minimum absolute atomic E-state index is 0.0752. The van der Waals surface area contributed by atoms with E-state index >= 15 is 0 Å². The van der Waals surface area contributed by atoms with E-state index in [1.807, 2.05) is 41.8 Å². The Morgan fingerprint density at radius 3 is 2.80 bits per heavy atom. The summed E-state index contributed by atoms with van der Waals surface area (Å²) in [7, 11) is 0. The van der Waals surface area contributed by atoms with Crippen molar-refractivity contribution in [2.24, 2.45) is 0 Å². The number of hydrogen-bond donors (Lipinski definition) is 2. The molecule has 0 fully saturated rings. The Kier molecular flexibility index (Phi) is 4.40. The van der Waals surface area contributed by atoms with Gasteiger partial charge in [0.2, 0.25) is 5.91 Å². The van der Waals surface area contributed by atoms with Gasteiger partial charge in [-0.1, -0.05) is 18.2 Å². The van der Waals surface area contributed by atoms with Gasteiger partial charge in [-0.15, -0.1) is 0 Å². The molecule has 1 aromatic heterocycles. The Morgan fingerprint density at radius 2 is 2.05 bits per heavy atom. The van der Waals surface area contributed by atoms with Crippen LogP contribution in [0.5, 0.6) is 0 Å². The van der Waals surface area contributed by atoms with Gasteiger partial charge in [-0.25, -0.2) is 0 Å². The zero-order valence-electron chi connectivity index (χ0n) is 11.4. The maximum absolute atomic E-state index is 11.9. The molecule has 0 aliphatic rings. The Bertz CT molecular complexity index is 631. The summed E-state index contributed by atoms with van der Waals surface area (Å²) in [4.78, 5) is 22.2. The van der Waals surface area contributed by atoms with Gasteiger partial charge in [0.1, 0.15) is 6.54 Å². The number of amides is 1. The number of carbonyl (C=O) groups is 2. The van der Waals surface area contributed by atoms with Crippen molar-refractivity contribution in [2.75, 3.05) is 6.54 Å². The summed E-state index contributed by atoms with van der Waals surface area (Å²) in [5.74, 6) is -0.939. The SMILES string of the molecule is Cc1cc2ccccc2n1CC(=O)NCCCC(=O)O. The van der Waals surface area contributed by atoms with E-state index in [4.69, 9.17) is 5.11 Å². The Balaban J connectivity index is 1.96. The van der Waals surface area contributed by atoms with Crippen LogP contribution >= 0.6 is 0 Å². The fourth-order valence-electron chi connectivity index (χ4n) is 2.23. The fourth-order valence-corrected chi connectivity index (χ4v) is 2.23. The molecule has 0 radical (unpaired) electrons. The lowest BCUT2D eigenvalue weighted by molar-refractivity contribution is -0.137. The number of nitrogens with zero attached hydrogens (tertiary/aromatic N) is 1. The predicted molar refractivity (Wildman–Crippen MR) is 76.6 cm³/mol. The smallest absolute Gasteiger partial charge is 0.303 e. The number of para-hydroxylation sites is 1. The first kappa shape index (κ1) is 14.1. The topological polar surface area (TPSA) is 71.3 Å². The summed E-state index contributed by atoms with van der Waals surface area (Å²) in [6, 6.07) is 9.97. The second-order valence-electron chi connectivity index (χ2n) is 4.78. The van der Waals surface area contributed by atoms with Crippen molar-refractivity contribution in [3.8, 4) is 0 Å². The maximum Gasteiger partial charge on any atom is 0.303 e. The van der Waals surface area contributed by atoms with Crippen LogP contribution in [0.3, 0.4) is 0 Å². The van der Waals surface area contributed by atoms with Gasteiger partial charge in [0.05, 0.1) is 0 Å². The van der Waals surface area contributed by atoms with Crippen LogP contribution in [0.2, 0.25) is 0 Å². The van der Waals surface area contributed by atoms with Gasteiger partial charge in [0.15, 0.2) is 0 Å². The molecule has 2 N–H and O–H groups in total. The molecule has 0 saturated heterocycles. The average Bonchev–Trinajstić information content (AvgIpc) is 2.71. The highest BCUT2D eigenvalue weighted by atomic mass is 16.4. The average molecular weight is 274 g/mol. The summed E-state index contributed by atoms with van der Waals surface area (Å²) >= 11 is 0. The molecule has 0 aliphatic heterocycles. The van der Waals surface area contributed by atoms with Crippen molar-refractivity contribution >= 4 is 22.8 Å². The Morgan fingerprint density at radius 1 is 1.30 bits per heavy atom. The zero-order chi connectivity index (χ0) is 14.5. The molecular formula is C15H18N2O3. The van der Waals surface area contributed by atoms with Gasteiger partial charge >= 0.3 is 5.97 Å². The van der Waals surface area contributed by atoms with Gasteiger partial charge < -0.3 is 15.0 Å². The van der Waals surface area contributed by atoms with Crippen LogP contribution in [0.15, 0.2) is 30.3 Å². The number of carboxylic acids is 1. The number of fused-ring (bicyclic) bond motifs is 1. The largest absolute Gasteiger partial charge is 0.481 e. The number of carbonyl (C=O) groups excluding carboxylic acids is 1. The minimum atomic E-state index is -0.841. The van der Waals surface area contributed by atoms with E-state index in [0.717, 1.165) is 16.6 Å². The highest BCUT2D eigenvalue weighted by Crippen LogP contribution is 2.18. The lowest BCUT2D eigenvalue weighted by atomic mass is 10.2. The molecule has 2 aromatic rings. The molecule has 0 atom stereocenters. The van der Waals surface area contributed by atoms with Crippen molar-refractivity contribution < 1.29 is 14.7 Å². The summed E-state index contributed by atoms with van der Waals surface area (Å²) in [6.07, 6.45) is 0.526. The van der Waals surface area contributed by atoms with Gasteiger partial charge in [-0.2, -0.15) is 0 Å². The number of nitrogens with one attached hydrogen (secondary N) is 1. The zero-order valence-corrected chi connectivity index (χ0v) is 11.4. The van der Waals surface area contributed by atoms with Crippen LogP contribution in [0.1, 0.15) is 18.5 Å². The van der Waals surface area contributed by atoms with Crippen LogP contribution in [-0.4, -0.2) is 28.1 Å². The molecule has 5 nitrogen and oxygen atoms in total. The van der Waals surface area contributed by atoms with Crippen LogP contribution in [0.25, 0.3) is 10.9 Å². The van der Waals surface area contributed by atoms with Crippen LogP contribution in [0.4, 0.5) is 0 Å². The Hall–Kier alpha value is -2.30. The van der Waals surface area contributed by atoms with E-state index in [1.165, 1.54) is 0 Å². The van der Waals surface area contributed by atoms with E-state index in [0.29, 0.717) is 13.0 Å². The van der Waals surface area contributed by atoms with E-state index in [-0.39, 0.29) is 18.9 Å². The summed E-state index contributed by atoms with van der Waals surface area (Å²) in [5, 5.41) is 12.4. The van der Waals surface area contributed by atoms with Gasteiger partial charge in [-0.05, 0) is 30.9 Å². The Labute approximate surface area is 117 Å². The molecule has 0 unspecified atom stereocenters. The normalized spacial score (nSPS) is 10.7. The molecule has 2 rings (SSSR count). The van der Waals surface area contributed by atoms with Crippen molar-refractivity contribution in [3.05, 3.63) is 36.0 Å². The predicted octanol–water partition coefficient (Wildman–Crippen LogP) is 1.93. The molecule has 0 spiro atoms. The van der Waals surface area contributed by atoms with Gasteiger partial charge in [0.25, 0.3) is 0 Å². The van der Waals surface area contributed by atoms with E-state index < -0.39 is 5.97 Å². The molecule has 106 valence electrons. The molecule has 0 saturated carbocycles. The van der Waals surface area contributed by atoms with Crippen molar-refractivity contribution in [2.45, 2.75) is 26.3 Å². The number of aliphatic carboxylic acids is 1. The molecule has 1 heterocycles. The second kappa shape index (κ2) is 6.23. The highest BCUT2D eigenvalue weighted by Gasteiger charge is 2.09. The van der Waals surface area contributed by atoms with E-state index in [1.54, 1.807) is 0 Å². The summed E-state index contributed by atoms with van der Waals surface area (Å²) in [5.41, 5.74) is 2.07. The third-order valence-corrected chi connectivity index (χ3v) is 3.21. The lowest BCUT2D eigenvalue weighted by Gasteiger charge is -2.09. The monoisotopic (exact) mass is 274 g/mol. The third-order valence-electron chi connectivity index (χ3n) is 3.21. The van der Waals surface area contributed by atoms with Crippen LogP contribution in [0, 0.1) is 6.92 Å². The fraction of sp³-hybridized carbons (Fsp3) is 0.333. The van der Waals surface area contributed by atoms with Crippen LogP contribution < -0.4 is 5.32 Å². The van der Waals surface area contributed by atoms with Crippen molar-refractivity contribution in [1.82, 2.24) is 9.88 Å². The molecule has 1 amide bonds. The molecule has 1 aromatic carbocycles. The first-order chi connectivity index (χ1) is 9.58. The van der Waals surface area contributed by atoms with E-state index in [2.05, 4.69) is 5.32 Å². The highest BCUT2D eigenvalue weighted by molar-refractivity contribution is 5.84. The number of aromatic nitrogens is 1. The van der Waals surface area contributed by atoms with Crippen LogP contribution in [-0.2, 0) is 16.1 Å². The first-order valence-electron chi connectivity index (χ1n) is 6.61. The van der Waals surface area contributed by atoms with Crippen molar-refractivity contribution in [1.29, 1.82) is 0 Å². The molecular weight excluding hydrogens is 256 g/mol. The first-order valence-corrected chi connectivity index (χ1v) is 6.61. The molecule has 20 heavy (non-hydrogen) atoms. The summed E-state index contributed by atoms with van der Waals surface area (Å²) in [6.45, 7) is 2.62.